The van der Waals surface area contributed by atoms with Crippen LogP contribution in [0.25, 0.3) is 21.3 Å². The van der Waals surface area contributed by atoms with Crippen molar-refractivity contribution in [3.63, 3.8) is 0 Å². The lowest BCUT2D eigenvalue weighted by Crippen LogP contribution is -2.22. The molecule has 4 rings (SSSR count). The van der Waals surface area contributed by atoms with Crippen molar-refractivity contribution in [1.82, 2.24) is 9.71 Å². The van der Waals surface area contributed by atoms with Gasteiger partial charge in [-0.25, -0.2) is 9.71 Å². The molecule has 0 radical (unpaired) electrons. The van der Waals surface area contributed by atoms with Gasteiger partial charge in [-0.3, -0.25) is 4.98 Å². The van der Waals surface area contributed by atoms with E-state index in [0.717, 1.165) is 28.4 Å². The van der Waals surface area contributed by atoms with Gasteiger partial charge in [-0.1, -0.05) is 55.6 Å². The van der Waals surface area contributed by atoms with E-state index >= 15 is 0 Å². The van der Waals surface area contributed by atoms with Crippen LogP contribution in [0.2, 0.25) is 0 Å². The van der Waals surface area contributed by atoms with Crippen LogP contribution >= 0.6 is 34.9 Å². The standard InChI is InChI=1S/C23H25ClN4S2/c1-13(2)14-9-10-26-18(11-14)16-6-4-5-15-12-19(30-23(15)16)22(28-29-3)21-17(24)7-8-20(25)27-21/h4-6,9-13,22,28H,7-8H2,1-3H3,(H2,25,27). The zero-order valence-electron chi connectivity index (χ0n) is 17.3. The molecule has 0 saturated heterocycles. The fourth-order valence-electron chi connectivity index (χ4n) is 3.61. The molecule has 3 aromatic rings. The van der Waals surface area contributed by atoms with E-state index in [-0.39, 0.29) is 6.04 Å². The van der Waals surface area contributed by atoms with Crippen LogP contribution in [0, 0.1) is 0 Å². The molecular weight excluding hydrogens is 432 g/mol. The minimum absolute atomic E-state index is 0.105. The Morgan fingerprint density at radius 2 is 2.03 bits per heavy atom. The van der Waals surface area contributed by atoms with Crippen molar-refractivity contribution in [3.8, 4) is 11.3 Å². The molecule has 4 nitrogen and oxygen atoms in total. The summed E-state index contributed by atoms with van der Waals surface area (Å²) >= 11 is 9.88. The highest BCUT2D eigenvalue weighted by molar-refractivity contribution is 7.96. The van der Waals surface area contributed by atoms with Crippen molar-refractivity contribution < 1.29 is 0 Å². The first kappa shape index (κ1) is 21.4. The normalized spacial score (nSPS) is 15.7. The smallest absolute Gasteiger partial charge is 0.0997 e. The van der Waals surface area contributed by atoms with Gasteiger partial charge in [0.2, 0.25) is 0 Å². The van der Waals surface area contributed by atoms with Crippen molar-refractivity contribution in [2.45, 2.75) is 38.6 Å². The molecule has 30 heavy (non-hydrogen) atoms. The first-order valence-electron chi connectivity index (χ1n) is 9.96. The van der Waals surface area contributed by atoms with Gasteiger partial charge in [0.15, 0.2) is 0 Å². The Hall–Kier alpha value is -1.86. The summed E-state index contributed by atoms with van der Waals surface area (Å²) < 4.78 is 4.69. The van der Waals surface area contributed by atoms with Crippen LogP contribution in [0.4, 0.5) is 0 Å². The summed E-state index contributed by atoms with van der Waals surface area (Å²) in [5.41, 5.74) is 10.3. The van der Waals surface area contributed by atoms with E-state index in [9.17, 15) is 0 Å². The zero-order valence-corrected chi connectivity index (χ0v) is 19.7. The molecule has 0 fully saturated rings. The van der Waals surface area contributed by atoms with Crippen LogP contribution in [-0.4, -0.2) is 17.1 Å². The van der Waals surface area contributed by atoms with Crippen molar-refractivity contribution in [2.75, 3.05) is 6.26 Å². The van der Waals surface area contributed by atoms with Gasteiger partial charge in [-0.15, -0.1) is 11.3 Å². The molecule has 7 heteroatoms. The largest absolute Gasteiger partial charge is 0.387 e. The van der Waals surface area contributed by atoms with Gasteiger partial charge in [-0.05, 0) is 47.7 Å². The summed E-state index contributed by atoms with van der Waals surface area (Å²) in [7, 11) is 0. The molecule has 0 aliphatic carbocycles. The summed E-state index contributed by atoms with van der Waals surface area (Å²) in [6, 6.07) is 12.8. The average Bonchev–Trinajstić information content (AvgIpc) is 3.18. The number of aromatic nitrogens is 1. The van der Waals surface area contributed by atoms with E-state index in [1.807, 2.05) is 12.5 Å². The number of nitrogens with one attached hydrogen (secondary N) is 1. The Bertz CT molecular complexity index is 1130. The number of nitrogens with zero attached hydrogens (tertiary/aromatic N) is 2. The molecule has 1 aliphatic heterocycles. The van der Waals surface area contributed by atoms with E-state index < -0.39 is 0 Å². The zero-order chi connectivity index (χ0) is 21.3. The van der Waals surface area contributed by atoms with Crippen molar-refractivity contribution in [3.05, 3.63) is 63.8 Å². The second-order valence-corrected chi connectivity index (χ2v) is 9.83. The average molecular weight is 457 g/mol. The minimum atomic E-state index is -0.105. The Labute approximate surface area is 190 Å². The lowest BCUT2D eigenvalue weighted by Gasteiger charge is -2.21. The van der Waals surface area contributed by atoms with E-state index in [0.29, 0.717) is 18.2 Å². The molecule has 0 spiro atoms. The number of nitrogens with two attached hydrogens (primary N) is 1. The van der Waals surface area contributed by atoms with E-state index in [4.69, 9.17) is 17.3 Å². The number of rotatable bonds is 6. The van der Waals surface area contributed by atoms with E-state index in [1.54, 1.807) is 23.3 Å². The highest BCUT2D eigenvalue weighted by Gasteiger charge is 2.25. The second-order valence-electron chi connectivity index (χ2n) is 7.65. The van der Waals surface area contributed by atoms with Crippen LogP contribution in [0.1, 0.15) is 49.1 Å². The summed E-state index contributed by atoms with van der Waals surface area (Å²) in [4.78, 5) is 10.4. The summed E-state index contributed by atoms with van der Waals surface area (Å²) in [5, 5.41) is 1.97. The van der Waals surface area contributed by atoms with Crippen LogP contribution < -0.4 is 10.5 Å². The lowest BCUT2D eigenvalue weighted by atomic mass is 10.0. The maximum Gasteiger partial charge on any atom is 0.0997 e. The van der Waals surface area contributed by atoms with Crippen LogP contribution in [0.3, 0.4) is 0 Å². The number of pyridine rings is 1. The highest BCUT2D eigenvalue weighted by atomic mass is 35.5. The predicted octanol–water partition coefficient (Wildman–Crippen LogP) is 6.60. The molecule has 1 aromatic carbocycles. The first-order valence-corrected chi connectivity index (χ1v) is 12.4. The molecule has 156 valence electrons. The topological polar surface area (TPSA) is 63.3 Å². The molecular formula is C23H25ClN4S2. The molecule has 0 saturated carbocycles. The molecule has 1 atom stereocenters. The van der Waals surface area contributed by atoms with Crippen LogP contribution in [0.15, 0.2) is 58.3 Å². The molecule has 3 N–H and O–H groups in total. The van der Waals surface area contributed by atoms with Gasteiger partial charge in [0.25, 0.3) is 0 Å². The quantitative estimate of drug-likeness (QED) is 0.410. The second kappa shape index (κ2) is 9.10. The summed E-state index contributed by atoms with van der Waals surface area (Å²) in [6.07, 6.45) is 5.36. The van der Waals surface area contributed by atoms with Gasteiger partial charge in [0.05, 0.1) is 23.3 Å². The number of hydrogen-bond acceptors (Lipinski definition) is 6. The number of amidine groups is 1. The third-order valence-corrected chi connectivity index (χ3v) is 7.33. The third kappa shape index (κ3) is 4.28. The number of fused-ring (bicyclic) bond motifs is 1. The van der Waals surface area contributed by atoms with Crippen LogP contribution in [0.5, 0.6) is 0 Å². The fourth-order valence-corrected chi connectivity index (χ4v) is 5.64. The molecule has 3 heterocycles. The minimum Gasteiger partial charge on any atom is -0.387 e. The fraction of sp³-hybridized carbons (Fsp3) is 0.304. The maximum atomic E-state index is 6.56. The van der Waals surface area contributed by atoms with Gasteiger partial charge in [0.1, 0.15) is 0 Å². The number of aliphatic imine (C=N–C) groups is 1. The van der Waals surface area contributed by atoms with Gasteiger partial charge in [0, 0.05) is 32.8 Å². The summed E-state index contributed by atoms with van der Waals surface area (Å²) in [5.74, 6) is 1.10. The van der Waals surface area contributed by atoms with Gasteiger partial charge >= 0.3 is 0 Å². The molecule has 2 aromatic heterocycles. The van der Waals surface area contributed by atoms with Gasteiger partial charge in [-0.2, -0.15) is 0 Å². The summed E-state index contributed by atoms with van der Waals surface area (Å²) in [6.45, 7) is 4.41. The molecule has 1 aliphatic rings. The SMILES string of the molecule is CSNC(C1=C(Cl)CCC(N)=N1)c1cc2cccc(-c3cc(C(C)C)ccn3)c2s1. The Morgan fingerprint density at radius 1 is 1.20 bits per heavy atom. The lowest BCUT2D eigenvalue weighted by molar-refractivity contribution is 0.764. The van der Waals surface area contributed by atoms with Gasteiger partial charge < -0.3 is 5.73 Å². The first-order chi connectivity index (χ1) is 14.5. The number of hydrogen-bond donors (Lipinski definition) is 2. The molecule has 1 unspecified atom stereocenters. The molecule has 0 amide bonds. The Balaban J connectivity index is 1.82. The number of benzene rings is 1. The Kier molecular flexibility index (Phi) is 6.48. The maximum absolute atomic E-state index is 6.56. The van der Waals surface area contributed by atoms with Crippen molar-refractivity contribution >= 4 is 50.8 Å². The van der Waals surface area contributed by atoms with Crippen molar-refractivity contribution in [2.24, 2.45) is 10.7 Å². The third-order valence-electron chi connectivity index (χ3n) is 5.23. The Morgan fingerprint density at radius 3 is 2.80 bits per heavy atom. The number of allylic oxidation sites excluding steroid dienone is 1. The number of thiophene rings is 1. The van der Waals surface area contributed by atoms with E-state index in [1.165, 1.54) is 20.5 Å². The van der Waals surface area contributed by atoms with E-state index in [2.05, 4.69) is 64.9 Å². The highest BCUT2D eigenvalue weighted by Crippen LogP contribution is 2.41. The predicted molar refractivity (Wildman–Crippen MR) is 132 cm³/mol. The monoisotopic (exact) mass is 456 g/mol. The van der Waals surface area contributed by atoms with Crippen LogP contribution in [-0.2, 0) is 0 Å². The number of halogens is 1. The van der Waals surface area contributed by atoms with Crippen molar-refractivity contribution in [1.29, 1.82) is 0 Å². The molecule has 0 bridgehead atoms.